The lowest BCUT2D eigenvalue weighted by Gasteiger charge is -2.19. The molecule has 9 heteroatoms. The van der Waals surface area contributed by atoms with E-state index in [4.69, 9.17) is 4.42 Å². The zero-order valence-electron chi connectivity index (χ0n) is 10.1. The van der Waals surface area contributed by atoms with Gasteiger partial charge < -0.3 is 8.60 Å². The van der Waals surface area contributed by atoms with Gasteiger partial charge in [-0.3, -0.25) is 0 Å². The first-order chi connectivity index (χ1) is 9.12. The molecule has 1 unspecified atom stereocenters. The van der Waals surface area contributed by atoms with Crippen molar-refractivity contribution in [3.05, 3.63) is 33.9 Å². The van der Waals surface area contributed by atoms with Crippen molar-refractivity contribution in [1.29, 1.82) is 0 Å². The Balaban J connectivity index is 2.57. The normalized spacial score (nSPS) is 18.7. The molecule has 1 heterocycles. The maximum atomic E-state index is 12.3. The van der Waals surface area contributed by atoms with Gasteiger partial charge in [0.25, 0.3) is 0 Å². The summed E-state index contributed by atoms with van der Waals surface area (Å²) in [6.45, 7) is 1.65. The molecule has 0 N–H and O–H groups in total. The van der Waals surface area contributed by atoms with E-state index in [-0.39, 0.29) is 17.2 Å². The van der Waals surface area contributed by atoms with Gasteiger partial charge in [-0.1, -0.05) is 13.0 Å². The minimum Gasteiger partial charge on any atom is -0.423 e. The maximum Gasteiger partial charge on any atom is 0.534 e. The fourth-order valence-corrected chi connectivity index (χ4v) is 2.31. The van der Waals surface area contributed by atoms with Crippen LogP contribution in [-0.2, 0) is 10.1 Å². The summed E-state index contributed by atoms with van der Waals surface area (Å²) < 4.78 is 67.9. The number of hydrogen-bond acceptors (Lipinski definition) is 5. The third-order valence-corrected chi connectivity index (χ3v) is 3.69. The van der Waals surface area contributed by atoms with Gasteiger partial charge in [-0.25, -0.2) is 4.79 Å². The van der Waals surface area contributed by atoms with Crippen LogP contribution in [0.25, 0.3) is 6.08 Å². The van der Waals surface area contributed by atoms with Gasteiger partial charge in [-0.2, -0.15) is 21.6 Å². The quantitative estimate of drug-likeness (QED) is 0.619. The molecule has 0 saturated carbocycles. The van der Waals surface area contributed by atoms with Crippen LogP contribution in [0, 0.1) is 0 Å². The summed E-state index contributed by atoms with van der Waals surface area (Å²) >= 11 is 0. The minimum atomic E-state index is -5.83. The van der Waals surface area contributed by atoms with Crippen molar-refractivity contribution >= 4 is 16.2 Å². The maximum absolute atomic E-state index is 12.3. The van der Waals surface area contributed by atoms with Crippen molar-refractivity contribution in [3.63, 3.8) is 0 Å². The molecular formula is C11H9F3O5S. The van der Waals surface area contributed by atoms with E-state index in [1.807, 2.05) is 0 Å². The zero-order valence-corrected chi connectivity index (χ0v) is 10.9. The van der Waals surface area contributed by atoms with Crippen LogP contribution in [0.4, 0.5) is 13.2 Å². The van der Waals surface area contributed by atoms with E-state index in [0.717, 1.165) is 0 Å². The van der Waals surface area contributed by atoms with Crippen LogP contribution in [-0.4, -0.2) is 13.9 Å². The van der Waals surface area contributed by atoms with Gasteiger partial charge in [0, 0.05) is 5.56 Å². The lowest BCUT2D eigenvalue weighted by molar-refractivity contribution is -0.0500. The zero-order chi connectivity index (χ0) is 15.1. The molecule has 1 aliphatic rings. The van der Waals surface area contributed by atoms with E-state index in [1.165, 1.54) is 6.08 Å². The van der Waals surface area contributed by atoms with Crippen LogP contribution in [0.2, 0.25) is 0 Å². The summed E-state index contributed by atoms with van der Waals surface area (Å²) in [5.41, 5.74) is -6.43. The molecule has 5 nitrogen and oxygen atoms in total. The van der Waals surface area contributed by atoms with E-state index in [0.29, 0.717) is 12.5 Å². The van der Waals surface area contributed by atoms with E-state index in [9.17, 15) is 26.4 Å². The molecule has 110 valence electrons. The van der Waals surface area contributed by atoms with Crippen molar-refractivity contribution in [2.45, 2.75) is 24.8 Å². The average molecular weight is 310 g/mol. The molecule has 20 heavy (non-hydrogen) atoms. The first kappa shape index (κ1) is 14.6. The Bertz CT molecular complexity index is 715. The van der Waals surface area contributed by atoms with Crippen molar-refractivity contribution in [3.8, 4) is 5.75 Å². The highest BCUT2D eigenvalue weighted by Crippen LogP contribution is 2.37. The van der Waals surface area contributed by atoms with Crippen molar-refractivity contribution in [1.82, 2.24) is 0 Å². The van der Waals surface area contributed by atoms with E-state index in [1.54, 1.807) is 13.0 Å². The van der Waals surface area contributed by atoms with Gasteiger partial charge in [0.2, 0.25) is 0 Å². The van der Waals surface area contributed by atoms with Crippen molar-refractivity contribution in [2.75, 3.05) is 0 Å². The molecule has 0 amide bonds. The van der Waals surface area contributed by atoms with Crippen LogP contribution in [0.3, 0.4) is 0 Å². The third-order valence-electron chi connectivity index (χ3n) is 2.73. The number of halogens is 3. The lowest BCUT2D eigenvalue weighted by Crippen LogP contribution is -2.29. The summed E-state index contributed by atoms with van der Waals surface area (Å²) in [7, 11) is -5.83. The van der Waals surface area contributed by atoms with Gasteiger partial charge in [0.05, 0.1) is 6.07 Å². The van der Waals surface area contributed by atoms with Crippen molar-refractivity contribution < 1.29 is 30.2 Å². The Kier molecular flexibility index (Phi) is 3.41. The minimum absolute atomic E-state index is 0.00336. The van der Waals surface area contributed by atoms with Gasteiger partial charge in [0.15, 0.2) is 5.75 Å². The van der Waals surface area contributed by atoms with Crippen LogP contribution < -0.4 is 9.81 Å². The van der Waals surface area contributed by atoms with Crippen LogP contribution in [0.5, 0.6) is 5.75 Å². The summed E-state index contributed by atoms with van der Waals surface area (Å²) in [5, 5.41) is 0. The highest BCUT2D eigenvalue weighted by molar-refractivity contribution is 7.88. The van der Waals surface area contributed by atoms with Gasteiger partial charge in [0.1, 0.15) is 5.76 Å². The van der Waals surface area contributed by atoms with E-state index >= 15 is 0 Å². The second-order valence-electron chi connectivity index (χ2n) is 4.23. The number of allylic oxidation sites excluding steroid dienone is 1. The van der Waals surface area contributed by atoms with Crippen LogP contribution >= 0.6 is 0 Å². The Labute approximate surface area is 111 Å². The number of fused-ring (bicyclic) bond motifs is 1. The summed E-state index contributed by atoms with van der Waals surface area (Å²) in [6.07, 6.45) is 3.52. The molecule has 2 rings (SSSR count). The molecule has 1 aliphatic carbocycles. The largest absolute Gasteiger partial charge is 0.534 e. The Morgan fingerprint density at radius 3 is 2.65 bits per heavy atom. The Morgan fingerprint density at radius 2 is 2.05 bits per heavy atom. The molecule has 0 saturated heterocycles. The molecule has 1 aromatic heterocycles. The molecule has 0 aromatic carbocycles. The molecule has 0 fully saturated rings. The smallest absolute Gasteiger partial charge is 0.423 e. The lowest BCUT2D eigenvalue weighted by atomic mass is 9.92. The average Bonchev–Trinajstić information content (AvgIpc) is 2.25. The Morgan fingerprint density at radius 1 is 1.40 bits per heavy atom. The number of rotatable bonds is 2. The van der Waals surface area contributed by atoms with Gasteiger partial charge in [-0.05, 0) is 18.4 Å². The molecule has 1 atom stereocenters. The highest BCUT2D eigenvalue weighted by atomic mass is 32.2. The summed E-state index contributed by atoms with van der Waals surface area (Å²) in [4.78, 5) is 11.2. The van der Waals surface area contributed by atoms with Crippen LogP contribution in [0.1, 0.15) is 30.6 Å². The standard InChI is InChI=1S/C11H9F3O5S/c1-6-3-2-4-7-10(6)8(5-9(15)18-7)19-20(16,17)11(12,13)14/h2,4-6H,3H2,1H3. The molecule has 0 bridgehead atoms. The predicted molar refractivity (Wildman–Crippen MR) is 62.6 cm³/mol. The highest BCUT2D eigenvalue weighted by Gasteiger charge is 2.49. The number of alkyl halides is 3. The first-order valence-electron chi connectivity index (χ1n) is 5.47. The molecule has 1 aromatic rings. The second-order valence-corrected chi connectivity index (χ2v) is 5.77. The monoisotopic (exact) mass is 310 g/mol. The predicted octanol–water partition coefficient (Wildman–Crippen LogP) is 2.39. The molecule has 0 spiro atoms. The topological polar surface area (TPSA) is 73.6 Å². The first-order valence-corrected chi connectivity index (χ1v) is 6.88. The molecule has 0 aliphatic heterocycles. The molecular weight excluding hydrogens is 301 g/mol. The summed E-state index contributed by atoms with van der Waals surface area (Å²) in [6, 6.07) is 0.595. The Hall–Kier alpha value is -1.77. The third kappa shape index (κ3) is 2.58. The van der Waals surface area contributed by atoms with Gasteiger partial charge >= 0.3 is 21.3 Å². The fourth-order valence-electron chi connectivity index (χ4n) is 1.84. The van der Waals surface area contributed by atoms with E-state index < -0.39 is 27.0 Å². The second kappa shape index (κ2) is 4.65. The van der Waals surface area contributed by atoms with Crippen LogP contribution in [0.15, 0.2) is 21.4 Å². The fraction of sp³-hybridized carbons (Fsp3) is 0.364. The molecule has 0 radical (unpaired) electrons. The SMILES string of the molecule is CC1CC=Cc2oc(=O)cc(OS(=O)(=O)C(F)(F)F)c21. The summed E-state index contributed by atoms with van der Waals surface area (Å²) in [5.74, 6) is -0.980. The van der Waals surface area contributed by atoms with Gasteiger partial charge in [-0.15, -0.1) is 0 Å². The van der Waals surface area contributed by atoms with E-state index in [2.05, 4.69) is 4.18 Å². The number of hydrogen-bond donors (Lipinski definition) is 0. The van der Waals surface area contributed by atoms with Crippen molar-refractivity contribution in [2.24, 2.45) is 0 Å².